The third kappa shape index (κ3) is 2.74. The lowest BCUT2D eigenvalue weighted by atomic mass is 9.74. The van der Waals surface area contributed by atoms with Crippen molar-refractivity contribution in [2.24, 2.45) is 16.6 Å². The summed E-state index contributed by atoms with van der Waals surface area (Å²) < 4.78 is 2.41. The zero-order valence-corrected chi connectivity index (χ0v) is 11.9. The second-order valence-corrected chi connectivity index (χ2v) is 7.56. The first-order valence-corrected chi connectivity index (χ1v) is 6.61. The molecule has 0 bridgehead atoms. The first-order chi connectivity index (χ1) is 7.68. The third-order valence-electron chi connectivity index (χ3n) is 3.58. The fourth-order valence-corrected chi connectivity index (χ4v) is 2.95. The Labute approximate surface area is 105 Å². The standard InChI is InChI=1S/C15H26N2/c1-14(2,3)10-17-7-6-11-12(16)8-15(4,5)9-13(11)17/h6-7,12H,8-10,16H2,1-5H3. The van der Waals surface area contributed by atoms with Crippen molar-refractivity contribution in [1.29, 1.82) is 0 Å². The molecule has 0 fully saturated rings. The molecule has 0 amide bonds. The first-order valence-electron chi connectivity index (χ1n) is 6.61. The predicted octanol–water partition coefficient (Wildman–Crippen LogP) is 3.51. The highest BCUT2D eigenvalue weighted by Crippen LogP contribution is 2.40. The number of hydrogen-bond donors (Lipinski definition) is 1. The van der Waals surface area contributed by atoms with Gasteiger partial charge in [0.05, 0.1) is 0 Å². The van der Waals surface area contributed by atoms with Crippen LogP contribution >= 0.6 is 0 Å². The molecule has 0 spiro atoms. The van der Waals surface area contributed by atoms with E-state index >= 15 is 0 Å². The lowest BCUT2D eigenvalue weighted by Crippen LogP contribution is -2.31. The SMILES string of the molecule is CC(C)(C)Cn1ccc2c1CC(C)(C)CC2N. The molecule has 0 aliphatic heterocycles. The van der Waals surface area contributed by atoms with E-state index in [9.17, 15) is 0 Å². The molecule has 1 heterocycles. The molecule has 1 aromatic heterocycles. The van der Waals surface area contributed by atoms with Gasteiger partial charge in [-0.15, -0.1) is 0 Å². The van der Waals surface area contributed by atoms with Gasteiger partial charge in [0.2, 0.25) is 0 Å². The summed E-state index contributed by atoms with van der Waals surface area (Å²) in [6.45, 7) is 12.6. The van der Waals surface area contributed by atoms with Crippen molar-refractivity contribution in [3.05, 3.63) is 23.5 Å². The summed E-state index contributed by atoms with van der Waals surface area (Å²) in [6.07, 6.45) is 4.47. The highest BCUT2D eigenvalue weighted by molar-refractivity contribution is 5.30. The number of aromatic nitrogens is 1. The minimum Gasteiger partial charge on any atom is -0.351 e. The Morgan fingerprint density at radius 1 is 1.41 bits per heavy atom. The van der Waals surface area contributed by atoms with E-state index in [0.29, 0.717) is 10.8 Å². The van der Waals surface area contributed by atoms with Gasteiger partial charge in [0.25, 0.3) is 0 Å². The molecule has 2 nitrogen and oxygen atoms in total. The van der Waals surface area contributed by atoms with E-state index in [2.05, 4.69) is 51.4 Å². The van der Waals surface area contributed by atoms with E-state index in [0.717, 1.165) is 19.4 Å². The first kappa shape index (κ1) is 12.7. The summed E-state index contributed by atoms with van der Waals surface area (Å²) in [7, 11) is 0. The van der Waals surface area contributed by atoms with Crippen LogP contribution in [0.25, 0.3) is 0 Å². The van der Waals surface area contributed by atoms with Crippen LogP contribution in [0.5, 0.6) is 0 Å². The second kappa shape index (κ2) is 3.88. The Morgan fingerprint density at radius 3 is 2.65 bits per heavy atom. The molecule has 0 saturated heterocycles. The van der Waals surface area contributed by atoms with E-state index < -0.39 is 0 Å². The number of fused-ring (bicyclic) bond motifs is 1. The maximum Gasteiger partial charge on any atom is 0.0318 e. The van der Waals surface area contributed by atoms with E-state index in [-0.39, 0.29) is 6.04 Å². The topological polar surface area (TPSA) is 30.9 Å². The number of nitrogens with two attached hydrogens (primary N) is 1. The van der Waals surface area contributed by atoms with Crippen LogP contribution in [0, 0.1) is 10.8 Å². The van der Waals surface area contributed by atoms with Gasteiger partial charge in [-0.25, -0.2) is 0 Å². The van der Waals surface area contributed by atoms with Gasteiger partial charge in [-0.3, -0.25) is 0 Å². The molecule has 1 atom stereocenters. The third-order valence-corrected chi connectivity index (χ3v) is 3.58. The van der Waals surface area contributed by atoms with Crippen molar-refractivity contribution >= 4 is 0 Å². The minimum atomic E-state index is 0.218. The van der Waals surface area contributed by atoms with Crippen LogP contribution in [0.3, 0.4) is 0 Å². The quantitative estimate of drug-likeness (QED) is 0.792. The molecule has 2 heteroatoms. The van der Waals surface area contributed by atoms with Gasteiger partial charge in [-0.2, -0.15) is 0 Å². The largest absolute Gasteiger partial charge is 0.351 e. The van der Waals surface area contributed by atoms with Crippen molar-refractivity contribution in [2.45, 2.75) is 60.0 Å². The predicted molar refractivity (Wildman–Crippen MR) is 72.9 cm³/mol. The molecule has 1 aliphatic carbocycles. The lowest BCUT2D eigenvalue weighted by Gasteiger charge is -2.35. The van der Waals surface area contributed by atoms with Crippen molar-refractivity contribution in [2.75, 3.05) is 0 Å². The van der Waals surface area contributed by atoms with Crippen LogP contribution < -0.4 is 5.73 Å². The van der Waals surface area contributed by atoms with Gasteiger partial charge in [0.1, 0.15) is 0 Å². The average molecular weight is 234 g/mol. The summed E-state index contributed by atoms with van der Waals surface area (Å²) in [5.74, 6) is 0. The Balaban J connectivity index is 2.34. The summed E-state index contributed by atoms with van der Waals surface area (Å²) in [4.78, 5) is 0. The van der Waals surface area contributed by atoms with Crippen molar-refractivity contribution in [3.8, 4) is 0 Å². The molecule has 1 aromatic rings. The van der Waals surface area contributed by atoms with E-state index in [4.69, 9.17) is 5.73 Å². The molecular formula is C15H26N2. The fraction of sp³-hybridized carbons (Fsp3) is 0.733. The summed E-state index contributed by atoms with van der Waals surface area (Å²) in [5.41, 5.74) is 9.77. The minimum absolute atomic E-state index is 0.218. The van der Waals surface area contributed by atoms with Crippen LogP contribution in [0.15, 0.2) is 12.3 Å². The Hall–Kier alpha value is -0.760. The highest BCUT2D eigenvalue weighted by atomic mass is 15.0. The maximum atomic E-state index is 6.29. The summed E-state index contributed by atoms with van der Waals surface area (Å²) >= 11 is 0. The molecular weight excluding hydrogens is 208 g/mol. The molecule has 1 aliphatic rings. The molecule has 2 N–H and O–H groups in total. The van der Waals surface area contributed by atoms with Crippen molar-refractivity contribution in [3.63, 3.8) is 0 Å². The molecule has 2 rings (SSSR count). The van der Waals surface area contributed by atoms with Gasteiger partial charge in [0, 0.05) is 24.5 Å². The van der Waals surface area contributed by atoms with Gasteiger partial charge in [0.15, 0.2) is 0 Å². The van der Waals surface area contributed by atoms with Gasteiger partial charge < -0.3 is 10.3 Å². The fourth-order valence-electron chi connectivity index (χ4n) is 2.95. The van der Waals surface area contributed by atoms with E-state index in [1.54, 1.807) is 0 Å². The number of nitrogens with zero attached hydrogens (tertiary/aromatic N) is 1. The van der Waals surface area contributed by atoms with Crippen LogP contribution in [0.2, 0.25) is 0 Å². The molecule has 96 valence electrons. The van der Waals surface area contributed by atoms with Gasteiger partial charge in [-0.05, 0) is 35.3 Å². The lowest BCUT2D eigenvalue weighted by molar-refractivity contribution is 0.265. The smallest absolute Gasteiger partial charge is 0.0318 e. The zero-order chi connectivity index (χ0) is 12.8. The zero-order valence-electron chi connectivity index (χ0n) is 11.9. The second-order valence-electron chi connectivity index (χ2n) is 7.56. The summed E-state index contributed by atoms with van der Waals surface area (Å²) in [6, 6.07) is 2.44. The Morgan fingerprint density at radius 2 is 2.06 bits per heavy atom. The normalized spacial score (nSPS) is 23.5. The van der Waals surface area contributed by atoms with E-state index in [1.165, 1.54) is 11.3 Å². The monoisotopic (exact) mass is 234 g/mol. The molecule has 1 unspecified atom stereocenters. The maximum absolute atomic E-state index is 6.29. The number of rotatable bonds is 1. The van der Waals surface area contributed by atoms with Crippen LogP contribution in [-0.2, 0) is 13.0 Å². The Kier molecular flexibility index (Phi) is 2.89. The van der Waals surface area contributed by atoms with Crippen LogP contribution in [0.4, 0.5) is 0 Å². The highest BCUT2D eigenvalue weighted by Gasteiger charge is 2.32. The number of hydrogen-bond acceptors (Lipinski definition) is 1. The molecule has 0 saturated carbocycles. The van der Waals surface area contributed by atoms with Gasteiger partial charge in [-0.1, -0.05) is 34.6 Å². The van der Waals surface area contributed by atoms with Gasteiger partial charge >= 0.3 is 0 Å². The van der Waals surface area contributed by atoms with Crippen LogP contribution in [-0.4, -0.2) is 4.57 Å². The molecule has 0 radical (unpaired) electrons. The Bertz CT molecular complexity index is 407. The van der Waals surface area contributed by atoms with Crippen molar-refractivity contribution < 1.29 is 0 Å². The van der Waals surface area contributed by atoms with E-state index in [1.807, 2.05) is 0 Å². The summed E-state index contributed by atoms with van der Waals surface area (Å²) in [5, 5.41) is 0. The van der Waals surface area contributed by atoms with Crippen molar-refractivity contribution in [1.82, 2.24) is 4.57 Å². The van der Waals surface area contributed by atoms with Crippen LogP contribution in [0.1, 0.15) is 58.3 Å². The molecule has 0 aromatic carbocycles. The average Bonchev–Trinajstić information content (AvgIpc) is 2.43. The molecule has 17 heavy (non-hydrogen) atoms.